The first-order chi connectivity index (χ1) is 13.2. The lowest BCUT2D eigenvalue weighted by Crippen LogP contribution is -2.15. The zero-order chi connectivity index (χ0) is 20.9. The third-order valence-electron chi connectivity index (χ3n) is 3.64. The minimum atomic E-state index is -4.81. The van der Waals surface area contributed by atoms with E-state index in [1.54, 1.807) is 0 Å². The predicted octanol–water partition coefficient (Wildman–Crippen LogP) is 4.15. The van der Waals surface area contributed by atoms with Crippen molar-refractivity contribution in [1.29, 1.82) is 0 Å². The zero-order valence-corrected chi connectivity index (χ0v) is 14.8. The van der Waals surface area contributed by atoms with Crippen LogP contribution >= 0.6 is 0 Å². The van der Waals surface area contributed by atoms with Crippen LogP contribution in [0.5, 0.6) is 0 Å². The molecule has 0 saturated carbocycles. The van der Waals surface area contributed by atoms with E-state index in [0.717, 1.165) is 32.4 Å². The van der Waals surface area contributed by atoms with Gasteiger partial charge in [0.2, 0.25) is 0 Å². The normalized spacial score (nSPS) is 11.7. The molecule has 2 aromatic rings. The Hall–Kier alpha value is -3.36. The van der Waals surface area contributed by atoms with Gasteiger partial charge in [0.15, 0.2) is 0 Å². The van der Waals surface area contributed by atoms with Crippen LogP contribution in [0.3, 0.4) is 0 Å². The molecule has 0 aliphatic heterocycles. The van der Waals surface area contributed by atoms with Gasteiger partial charge in [-0.25, -0.2) is 14.0 Å². The Morgan fingerprint density at radius 1 is 0.964 bits per heavy atom. The number of alkyl halides is 3. The molecule has 0 saturated heterocycles. The fourth-order valence-electron chi connectivity index (χ4n) is 2.26. The molecule has 9 heteroatoms. The Balaban J connectivity index is 2.29. The molecule has 5 nitrogen and oxygen atoms in total. The Bertz CT molecular complexity index is 905. The molecule has 0 amide bonds. The van der Waals surface area contributed by atoms with E-state index in [4.69, 9.17) is 0 Å². The van der Waals surface area contributed by atoms with Gasteiger partial charge in [0.1, 0.15) is 11.5 Å². The van der Waals surface area contributed by atoms with Gasteiger partial charge >= 0.3 is 18.1 Å². The van der Waals surface area contributed by atoms with E-state index in [1.807, 2.05) is 0 Å². The first-order valence-corrected chi connectivity index (χ1v) is 7.78. The maximum absolute atomic E-state index is 13.4. The largest absolute Gasteiger partial charge is 0.466 e. The van der Waals surface area contributed by atoms with Crippen LogP contribution in [0.4, 0.5) is 23.2 Å². The van der Waals surface area contributed by atoms with Crippen LogP contribution in [0.2, 0.25) is 0 Å². The van der Waals surface area contributed by atoms with Crippen molar-refractivity contribution in [2.24, 2.45) is 0 Å². The third-order valence-corrected chi connectivity index (χ3v) is 3.64. The minimum Gasteiger partial charge on any atom is -0.466 e. The van der Waals surface area contributed by atoms with Gasteiger partial charge in [0.25, 0.3) is 0 Å². The van der Waals surface area contributed by atoms with Crippen LogP contribution in [0.1, 0.15) is 5.56 Å². The van der Waals surface area contributed by atoms with Crippen molar-refractivity contribution in [3.05, 3.63) is 65.6 Å². The maximum Gasteiger partial charge on any atom is 0.419 e. The van der Waals surface area contributed by atoms with Gasteiger partial charge in [0, 0.05) is 5.69 Å². The number of rotatable bonds is 5. The summed E-state index contributed by atoms with van der Waals surface area (Å²) in [5.74, 6) is -2.96. The van der Waals surface area contributed by atoms with Crippen molar-refractivity contribution in [3.8, 4) is 11.1 Å². The molecule has 148 valence electrons. The second-order valence-corrected chi connectivity index (χ2v) is 5.47. The molecule has 0 aliphatic carbocycles. The molecular weight excluding hydrogens is 382 g/mol. The van der Waals surface area contributed by atoms with E-state index in [2.05, 4.69) is 14.8 Å². The highest BCUT2D eigenvalue weighted by molar-refractivity contribution is 5.98. The van der Waals surface area contributed by atoms with Gasteiger partial charge in [-0.1, -0.05) is 18.2 Å². The van der Waals surface area contributed by atoms with Gasteiger partial charge in [0.05, 0.1) is 25.9 Å². The van der Waals surface area contributed by atoms with Gasteiger partial charge in [-0.05, 0) is 35.4 Å². The molecule has 0 bridgehead atoms. The molecule has 0 aliphatic rings. The van der Waals surface area contributed by atoms with Crippen LogP contribution in [-0.2, 0) is 25.2 Å². The van der Waals surface area contributed by atoms with E-state index in [1.165, 1.54) is 30.3 Å². The summed E-state index contributed by atoms with van der Waals surface area (Å²) in [4.78, 5) is 23.1. The van der Waals surface area contributed by atoms with Crippen molar-refractivity contribution in [2.75, 3.05) is 19.5 Å². The lowest BCUT2D eigenvalue weighted by atomic mass is 10.0. The molecule has 0 heterocycles. The smallest absolute Gasteiger partial charge is 0.419 e. The number of methoxy groups -OCH3 is 2. The van der Waals surface area contributed by atoms with Crippen molar-refractivity contribution >= 4 is 17.6 Å². The number of halogens is 4. The maximum atomic E-state index is 13.4. The van der Waals surface area contributed by atoms with E-state index < -0.39 is 29.5 Å². The number of carbonyl (C=O) groups is 2. The van der Waals surface area contributed by atoms with Crippen LogP contribution in [0.15, 0.2) is 54.2 Å². The molecule has 0 unspecified atom stereocenters. The summed E-state index contributed by atoms with van der Waals surface area (Å²) in [7, 11) is 2.27. The van der Waals surface area contributed by atoms with Gasteiger partial charge in [-0.15, -0.1) is 0 Å². The molecule has 28 heavy (non-hydrogen) atoms. The summed E-state index contributed by atoms with van der Waals surface area (Å²) in [5, 5.41) is 2.66. The molecule has 0 radical (unpaired) electrons. The van der Waals surface area contributed by atoms with Crippen LogP contribution in [0, 0.1) is 5.82 Å². The molecule has 0 fully saturated rings. The van der Waals surface area contributed by atoms with E-state index >= 15 is 0 Å². The number of hydrogen-bond donors (Lipinski definition) is 1. The van der Waals surface area contributed by atoms with E-state index in [9.17, 15) is 27.2 Å². The SMILES string of the molecule is COC(=O)/C=C(/Nc1ccc(-c2ccc(F)c(C(F)(F)F)c2)cc1)C(=O)OC. The average molecular weight is 397 g/mol. The van der Waals surface area contributed by atoms with Crippen LogP contribution in [-0.4, -0.2) is 26.2 Å². The minimum absolute atomic E-state index is 0.165. The highest BCUT2D eigenvalue weighted by atomic mass is 19.4. The lowest BCUT2D eigenvalue weighted by Gasteiger charge is -2.12. The fraction of sp³-hybridized carbons (Fsp3) is 0.158. The number of hydrogen-bond acceptors (Lipinski definition) is 5. The first-order valence-electron chi connectivity index (χ1n) is 7.78. The summed E-state index contributed by atoms with van der Waals surface area (Å²) >= 11 is 0. The van der Waals surface area contributed by atoms with Crippen molar-refractivity contribution in [1.82, 2.24) is 0 Å². The number of carbonyl (C=O) groups excluding carboxylic acids is 2. The summed E-state index contributed by atoms with van der Waals surface area (Å²) in [6.07, 6.45) is -3.91. The number of esters is 2. The standard InChI is InChI=1S/C19H15F4NO4/c1-27-17(25)10-16(18(26)28-2)24-13-6-3-11(4-7-13)12-5-8-15(20)14(9-12)19(21,22)23/h3-10,24H,1-2H3/b16-10+. The van der Waals surface area contributed by atoms with E-state index in [-0.39, 0.29) is 11.3 Å². The summed E-state index contributed by atoms with van der Waals surface area (Å²) in [6, 6.07) is 8.59. The highest BCUT2D eigenvalue weighted by Gasteiger charge is 2.34. The van der Waals surface area contributed by atoms with Crippen LogP contribution in [0.25, 0.3) is 11.1 Å². The summed E-state index contributed by atoms with van der Waals surface area (Å²) in [6.45, 7) is 0. The fourth-order valence-corrected chi connectivity index (χ4v) is 2.26. The van der Waals surface area contributed by atoms with Gasteiger partial charge < -0.3 is 14.8 Å². The molecule has 0 spiro atoms. The van der Waals surface area contributed by atoms with E-state index in [0.29, 0.717) is 11.3 Å². The molecule has 1 N–H and O–H groups in total. The number of anilines is 1. The quantitative estimate of drug-likeness (QED) is 0.467. The van der Waals surface area contributed by atoms with Crippen molar-refractivity contribution in [3.63, 3.8) is 0 Å². The second-order valence-electron chi connectivity index (χ2n) is 5.47. The van der Waals surface area contributed by atoms with Crippen LogP contribution < -0.4 is 5.32 Å². The lowest BCUT2D eigenvalue weighted by molar-refractivity contribution is -0.140. The Morgan fingerprint density at radius 2 is 1.57 bits per heavy atom. The molecule has 2 rings (SSSR count). The highest BCUT2D eigenvalue weighted by Crippen LogP contribution is 2.34. The monoisotopic (exact) mass is 397 g/mol. The first kappa shape index (κ1) is 20.9. The molecule has 0 atom stereocenters. The number of ether oxygens (including phenoxy) is 2. The number of nitrogens with one attached hydrogen (secondary N) is 1. The topological polar surface area (TPSA) is 64.6 Å². The molecular formula is C19H15F4NO4. The average Bonchev–Trinajstić information content (AvgIpc) is 2.66. The second kappa shape index (κ2) is 8.55. The summed E-state index contributed by atoms with van der Waals surface area (Å²) in [5.41, 5.74) is -0.627. The van der Waals surface area contributed by atoms with Crippen molar-refractivity contribution < 1.29 is 36.6 Å². The molecule has 2 aromatic carbocycles. The van der Waals surface area contributed by atoms with Gasteiger partial charge in [-0.2, -0.15) is 13.2 Å². The van der Waals surface area contributed by atoms with Gasteiger partial charge in [-0.3, -0.25) is 0 Å². The Labute approximate surface area is 157 Å². The number of benzene rings is 2. The molecule has 0 aromatic heterocycles. The zero-order valence-electron chi connectivity index (χ0n) is 14.8. The third kappa shape index (κ3) is 5.09. The van der Waals surface area contributed by atoms with Crippen molar-refractivity contribution in [2.45, 2.75) is 6.18 Å². The summed E-state index contributed by atoms with van der Waals surface area (Å²) < 4.78 is 61.0. The Morgan fingerprint density at radius 3 is 2.11 bits per heavy atom. The Kier molecular flexibility index (Phi) is 6.40. The predicted molar refractivity (Wildman–Crippen MR) is 92.6 cm³/mol.